The normalized spacial score (nSPS) is 11.9. The van der Waals surface area contributed by atoms with Gasteiger partial charge in [-0.3, -0.25) is 0 Å². The Kier molecular flexibility index (Phi) is 4.09. The lowest BCUT2D eigenvalue weighted by Crippen LogP contribution is -2.26. The van der Waals surface area contributed by atoms with Crippen molar-refractivity contribution in [3.8, 4) is 0 Å². The van der Waals surface area contributed by atoms with Crippen LogP contribution in [0.1, 0.15) is 6.42 Å². The van der Waals surface area contributed by atoms with Crippen LogP contribution in [-0.2, 0) is 17.1 Å². The number of nitrogens with zero attached hydrogens (tertiary/aromatic N) is 2. The van der Waals surface area contributed by atoms with E-state index in [1.165, 1.54) is 10.9 Å². The molecule has 0 spiro atoms. The number of aliphatic hydroxyl groups excluding tert-OH is 1. The van der Waals surface area contributed by atoms with Crippen molar-refractivity contribution < 1.29 is 13.5 Å². The zero-order valence-electron chi connectivity index (χ0n) is 8.14. The van der Waals surface area contributed by atoms with Crippen molar-refractivity contribution in [2.24, 2.45) is 7.05 Å². The second-order valence-corrected chi connectivity index (χ2v) is 4.97. The minimum atomic E-state index is -3.67. The Balaban J connectivity index is 2.82. The molecule has 0 radical (unpaired) electrons. The summed E-state index contributed by atoms with van der Waals surface area (Å²) in [5.41, 5.74) is 0. The monoisotopic (exact) mass is 253 g/mol. The zero-order valence-corrected chi connectivity index (χ0v) is 9.72. The van der Waals surface area contributed by atoms with E-state index in [9.17, 15) is 8.42 Å². The van der Waals surface area contributed by atoms with E-state index in [2.05, 4.69) is 9.71 Å². The molecule has 1 aromatic rings. The number of hydrogen-bond acceptors (Lipinski definition) is 4. The summed E-state index contributed by atoms with van der Waals surface area (Å²) in [4.78, 5) is 3.68. The van der Waals surface area contributed by atoms with E-state index in [0.29, 0.717) is 6.42 Å². The Hall–Kier alpha value is -0.630. The molecule has 0 unspecified atom stereocenters. The van der Waals surface area contributed by atoms with Gasteiger partial charge in [-0.25, -0.2) is 18.1 Å². The number of imidazole rings is 1. The minimum absolute atomic E-state index is 0.0616. The maximum atomic E-state index is 11.6. The van der Waals surface area contributed by atoms with Crippen molar-refractivity contribution in [1.82, 2.24) is 14.3 Å². The van der Waals surface area contributed by atoms with Gasteiger partial charge in [-0.05, 0) is 6.42 Å². The van der Waals surface area contributed by atoms with Gasteiger partial charge in [-0.1, -0.05) is 11.6 Å². The molecule has 0 aliphatic heterocycles. The molecule has 86 valence electrons. The predicted molar refractivity (Wildman–Crippen MR) is 55.1 cm³/mol. The summed E-state index contributed by atoms with van der Waals surface area (Å²) in [6.07, 6.45) is 1.67. The number of halogens is 1. The molecular weight excluding hydrogens is 242 g/mol. The molecule has 0 fully saturated rings. The molecule has 1 rings (SSSR count). The molecule has 0 atom stereocenters. The first kappa shape index (κ1) is 12.4. The van der Waals surface area contributed by atoms with E-state index in [4.69, 9.17) is 16.7 Å². The van der Waals surface area contributed by atoms with Gasteiger partial charge in [0.1, 0.15) is 5.15 Å². The fourth-order valence-corrected chi connectivity index (χ4v) is 2.43. The summed E-state index contributed by atoms with van der Waals surface area (Å²) < 4.78 is 26.9. The van der Waals surface area contributed by atoms with Crippen LogP contribution in [-0.4, -0.2) is 36.2 Å². The number of aliphatic hydroxyl groups is 1. The van der Waals surface area contributed by atoms with Gasteiger partial charge in [0.25, 0.3) is 10.0 Å². The third-order valence-corrected chi connectivity index (χ3v) is 3.67. The van der Waals surface area contributed by atoms with Crippen LogP contribution in [0.3, 0.4) is 0 Å². The van der Waals surface area contributed by atoms with Crippen LogP contribution in [0, 0.1) is 0 Å². The molecule has 2 N–H and O–H groups in total. The Morgan fingerprint density at radius 2 is 2.33 bits per heavy atom. The maximum Gasteiger partial charge on any atom is 0.261 e. The fourth-order valence-electron chi connectivity index (χ4n) is 0.928. The highest BCUT2D eigenvalue weighted by Crippen LogP contribution is 2.17. The molecule has 0 amide bonds. The van der Waals surface area contributed by atoms with E-state index in [-0.39, 0.29) is 23.3 Å². The van der Waals surface area contributed by atoms with Gasteiger partial charge < -0.3 is 9.67 Å². The second-order valence-electron chi connectivity index (χ2n) is 2.93. The molecule has 6 nitrogen and oxygen atoms in total. The van der Waals surface area contributed by atoms with Crippen molar-refractivity contribution in [3.63, 3.8) is 0 Å². The molecule has 0 saturated heterocycles. The number of aromatic nitrogens is 2. The third-order valence-electron chi connectivity index (χ3n) is 1.72. The standard InChI is InChI=1S/C7H12ClN3O3S/c1-11-5-9-7(6(11)8)15(13,14)10-3-2-4-12/h5,10,12H,2-4H2,1H3. The summed E-state index contributed by atoms with van der Waals surface area (Å²) in [5, 5.41) is 8.38. The molecular formula is C7H12ClN3O3S. The fraction of sp³-hybridized carbons (Fsp3) is 0.571. The largest absolute Gasteiger partial charge is 0.396 e. The van der Waals surface area contributed by atoms with E-state index < -0.39 is 10.0 Å². The number of rotatable bonds is 5. The first-order valence-corrected chi connectivity index (χ1v) is 6.12. The van der Waals surface area contributed by atoms with Crippen LogP contribution in [0.4, 0.5) is 0 Å². The third kappa shape index (κ3) is 2.91. The van der Waals surface area contributed by atoms with E-state index in [1.54, 1.807) is 7.05 Å². The first-order valence-electron chi connectivity index (χ1n) is 4.26. The molecule has 0 saturated carbocycles. The number of sulfonamides is 1. The van der Waals surface area contributed by atoms with Crippen molar-refractivity contribution in [2.45, 2.75) is 11.4 Å². The molecule has 0 aliphatic rings. The number of aryl methyl sites for hydroxylation is 1. The van der Waals surface area contributed by atoms with Gasteiger partial charge in [0.05, 0.1) is 6.33 Å². The van der Waals surface area contributed by atoms with Crippen LogP contribution in [0.25, 0.3) is 0 Å². The van der Waals surface area contributed by atoms with E-state index in [0.717, 1.165) is 0 Å². The Morgan fingerprint density at radius 3 is 2.80 bits per heavy atom. The molecule has 0 bridgehead atoms. The van der Waals surface area contributed by atoms with Crippen LogP contribution >= 0.6 is 11.6 Å². The average molecular weight is 254 g/mol. The summed E-state index contributed by atoms with van der Waals surface area (Å²) in [6, 6.07) is 0. The Labute approximate surface area is 92.9 Å². The van der Waals surface area contributed by atoms with E-state index in [1.807, 2.05) is 0 Å². The lowest BCUT2D eigenvalue weighted by molar-refractivity contribution is 0.289. The molecule has 15 heavy (non-hydrogen) atoms. The summed E-state index contributed by atoms with van der Waals surface area (Å²) in [7, 11) is -2.07. The summed E-state index contributed by atoms with van der Waals surface area (Å²) in [6.45, 7) is 0.0875. The highest BCUT2D eigenvalue weighted by atomic mass is 35.5. The number of nitrogens with one attached hydrogen (secondary N) is 1. The van der Waals surface area contributed by atoms with Crippen molar-refractivity contribution >= 4 is 21.6 Å². The van der Waals surface area contributed by atoms with Gasteiger partial charge in [0, 0.05) is 20.2 Å². The lowest BCUT2D eigenvalue weighted by Gasteiger charge is -2.03. The zero-order chi connectivity index (χ0) is 11.5. The van der Waals surface area contributed by atoms with Crippen molar-refractivity contribution in [3.05, 3.63) is 11.5 Å². The molecule has 0 aromatic carbocycles. The average Bonchev–Trinajstić information content (AvgIpc) is 2.48. The second kappa shape index (κ2) is 4.93. The summed E-state index contributed by atoms with van der Waals surface area (Å²) in [5.74, 6) is 0. The van der Waals surface area contributed by atoms with Gasteiger partial charge in [0.2, 0.25) is 5.03 Å². The van der Waals surface area contributed by atoms with Gasteiger partial charge in [-0.15, -0.1) is 0 Å². The quantitative estimate of drug-likeness (QED) is 0.708. The Morgan fingerprint density at radius 1 is 1.67 bits per heavy atom. The molecule has 8 heteroatoms. The van der Waals surface area contributed by atoms with Crippen molar-refractivity contribution in [1.29, 1.82) is 0 Å². The van der Waals surface area contributed by atoms with Crippen LogP contribution in [0.2, 0.25) is 5.15 Å². The number of hydrogen-bond donors (Lipinski definition) is 2. The highest BCUT2D eigenvalue weighted by molar-refractivity contribution is 7.89. The van der Waals surface area contributed by atoms with Crippen LogP contribution in [0.15, 0.2) is 11.4 Å². The maximum absolute atomic E-state index is 11.6. The highest BCUT2D eigenvalue weighted by Gasteiger charge is 2.21. The lowest BCUT2D eigenvalue weighted by atomic mass is 10.5. The van der Waals surface area contributed by atoms with Crippen LogP contribution < -0.4 is 4.72 Å². The smallest absolute Gasteiger partial charge is 0.261 e. The molecule has 1 aromatic heterocycles. The van der Waals surface area contributed by atoms with Crippen LogP contribution in [0.5, 0.6) is 0 Å². The molecule has 0 aliphatic carbocycles. The SMILES string of the molecule is Cn1cnc(S(=O)(=O)NCCCO)c1Cl. The Bertz CT molecular complexity index is 429. The summed E-state index contributed by atoms with van der Waals surface area (Å²) >= 11 is 5.74. The first-order chi connectivity index (χ1) is 6.99. The van der Waals surface area contributed by atoms with Gasteiger partial charge in [-0.2, -0.15) is 0 Å². The van der Waals surface area contributed by atoms with Crippen molar-refractivity contribution in [2.75, 3.05) is 13.2 Å². The van der Waals surface area contributed by atoms with Gasteiger partial charge >= 0.3 is 0 Å². The predicted octanol–water partition coefficient (Wildman–Crippen LogP) is -0.266. The molecule has 1 heterocycles. The topological polar surface area (TPSA) is 84.2 Å². The minimum Gasteiger partial charge on any atom is -0.396 e. The van der Waals surface area contributed by atoms with Gasteiger partial charge in [0.15, 0.2) is 0 Å². The van der Waals surface area contributed by atoms with E-state index >= 15 is 0 Å².